The third kappa shape index (κ3) is 4.09. The summed E-state index contributed by atoms with van der Waals surface area (Å²) < 4.78 is 19.5. The molecule has 1 unspecified atom stereocenters. The molecule has 0 spiro atoms. The van der Waals surface area contributed by atoms with Crippen molar-refractivity contribution < 1.29 is 9.13 Å². The molecule has 0 amide bonds. The first-order chi connectivity index (χ1) is 10.2. The van der Waals surface area contributed by atoms with Gasteiger partial charge >= 0.3 is 0 Å². The summed E-state index contributed by atoms with van der Waals surface area (Å²) in [4.78, 5) is 0. The fourth-order valence-electron chi connectivity index (χ4n) is 2.88. The van der Waals surface area contributed by atoms with E-state index < -0.39 is 5.82 Å². The maximum Gasteiger partial charge on any atom is 0.143 e. The molecule has 0 bridgehead atoms. The van der Waals surface area contributed by atoms with Crippen LogP contribution >= 0.6 is 11.6 Å². The molecule has 1 aromatic carbocycles. The van der Waals surface area contributed by atoms with E-state index in [0.717, 1.165) is 31.9 Å². The summed E-state index contributed by atoms with van der Waals surface area (Å²) >= 11 is 5.81. The number of halogens is 2. The van der Waals surface area contributed by atoms with Crippen LogP contribution in [0.25, 0.3) is 0 Å². The largest absolute Gasteiger partial charge is 0.489 e. The van der Waals surface area contributed by atoms with Crippen molar-refractivity contribution >= 4 is 11.6 Å². The molecule has 5 heteroatoms. The van der Waals surface area contributed by atoms with Crippen LogP contribution in [0.15, 0.2) is 12.1 Å². The standard InChI is InChI=1S/C16H20ClFN2O/c1-20-7-6-15(11-4-2-3-5-11)21-16-9-13(17)14(18)8-12(16)10-19/h8-9,11,15,20H,2-7H2,1H3. The van der Waals surface area contributed by atoms with E-state index in [9.17, 15) is 4.39 Å². The number of ether oxygens (including phenoxy) is 1. The van der Waals surface area contributed by atoms with Gasteiger partial charge in [0.1, 0.15) is 23.7 Å². The van der Waals surface area contributed by atoms with Crippen LogP contribution in [-0.2, 0) is 0 Å². The molecular weight excluding hydrogens is 291 g/mol. The molecule has 21 heavy (non-hydrogen) atoms. The third-order valence-corrected chi connectivity index (χ3v) is 4.32. The van der Waals surface area contributed by atoms with Crippen molar-refractivity contribution in [1.82, 2.24) is 5.32 Å². The van der Waals surface area contributed by atoms with Gasteiger partial charge in [-0.25, -0.2) is 4.39 Å². The Morgan fingerprint density at radius 3 is 2.81 bits per heavy atom. The van der Waals surface area contributed by atoms with E-state index in [1.54, 1.807) is 0 Å². The molecule has 0 heterocycles. The lowest BCUT2D eigenvalue weighted by Crippen LogP contribution is -2.29. The second-order valence-electron chi connectivity index (χ2n) is 5.47. The fraction of sp³-hybridized carbons (Fsp3) is 0.562. The predicted octanol–water partition coefficient (Wildman–Crippen LogP) is 3.90. The van der Waals surface area contributed by atoms with Gasteiger partial charge in [0, 0.05) is 6.07 Å². The van der Waals surface area contributed by atoms with Gasteiger partial charge in [-0.3, -0.25) is 0 Å². The molecule has 1 N–H and O–H groups in total. The molecule has 1 aliphatic carbocycles. The summed E-state index contributed by atoms with van der Waals surface area (Å²) in [6.45, 7) is 0.845. The molecular formula is C16H20ClFN2O. The van der Waals surface area contributed by atoms with Crippen LogP contribution in [0.3, 0.4) is 0 Å². The van der Waals surface area contributed by atoms with Gasteiger partial charge in [0.15, 0.2) is 0 Å². The number of hydrogen-bond donors (Lipinski definition) is 1. The highest BCUT2D eigenvalue weighted by molar-refractivity contribution is 6.30. The number of nitrogens with one attached hydrogen (secondary N) is 1. The van der Waals surface area contributed by atoms with Crippen LogP contribution < -0.4 is 10.1 Å². The second-order valence-corrected chi connectivity index (χ2v) is 5.87. The average Bonchev–Trinajstić information content (AvgIpc) is 3.00. The minimum atomic E-state index is -0.590. The van der Waals surface area contributed by atoms with Crippen LogP contribution in [0, 0.1) is 23.1 Å². The van der Waals surface area contributed by atoms with Crippen molar-refractivity contribution in [2.75, 3.05) is 13.6 Å². The maximum atomic E-state index is 13.4. The Hall–Kier alpha value is -1.31. The highest BCUT2D eigenvalue weighted by Gasteiger charge is 2.27. The molecule has 0 radical (unpaired) electrons. The van der Waals surface area contributed by atoms with Gasteiger partial charge < -0.3 is 10.1 Å². The molecule has 114 valence electrons. The minimum Gasteiger partial charge on any atom is -0.489 e. The van der Waals surface area contributed by atoms with Gasteiger partial charge in [-0.1, -0.05) is 24.4 Å². The lowest BCUT2D eigenvalue weighted by molar-refractivity contribution is 0.127. The Kier molecular flexibility index (Phi) is 5.84. The normalized spacial score (nSPS) is 16.7. The lowest BCUT2D eigenvalue weighted by atomic mass is 9.98. The zero-order valence-corrected chi connectivity index (χ0v) is 12.9. The first-order valence-corrected chi connectivity index (χ1v) is 7.74. The smallest absolute Gasteiger partial charge is 0.143 e. The highest BCUT2D eigenvalue weighted by Crippen LogP contribution is 2.34. The molecule has 1 saturated carbocycles. The number of benzene rings is 1. The summed E-state index contributed by atoms with van der Waals surface area (Å²) in [7, 11) is 1.90. The van der Waals surface area contributed by atoms with E-state index in [4.69, 9.17) is 21.6 Å². The molecule has 2 rings (SSSR count). The van der Waals surface area contributed by atoms with Crippen LogP contribution in [-0.4, -0.2) is 19.7 Å². The van der Waals surface area contributed by atoms with Gasteiger partial charge in [-0.05, 0) is 44.8 Å². The predicted molar refractivity (Wildman–Crippen MR) is 81.0 cm³/mol. The topological polar surface area (TPSA) is 45.0 Å². The number of hydrogen-bond acceptors (Lipinski definition) is 3. The van der Waals surface area contributed by atoms with Crippen LogP contribution in [0.5, 0.6) is 5.75 Å². The Morgan fingerprint density at radius 2 is 2.19 bits per heavy atom. The minimum absolute atomic E-state index is 0.0113. The first-order valence-electron chi connectivity index (χ1n) is 7.36. The number of nitrogens with zero attached hydrogens (tertiary/aromatic N) is 1. The van der Waals surface area contributed by atoms with E-state index in [1.165, 1.54) is 18.9 Å². The van der Waals surface area contributed by atoms with E-state index in [2.05, 4.69) is 5.32 Å². The summed E-state index contributed by atoms with van der Waals surface area (Å²) in [5.41, 5.74) is 0.198. The highest BCUT2D eigenvalue weighted by atomic mass is 35.5. The average molecular weight is 311 g/mol. The summed E-state index contributed by atoms with van der Waals surface area (Å²) in [5, 5.41) is 12.3. The van der Waals surface area contributed by atoms with Crippen molar-refractivity contribution in [3.8, 4) is 11.8 Å². The van der Waals surface area contributed by atoms with Crippen molar-refractivity contribution in [2.45, 2.75) is 38.2 Å². The number of nitriles is 1. The van der Waals surface area contributed by atoms with Gasteiger partial charge in [-0.15, -0.1) is 0 Å². The zero-order chi connectivity index (χ0) is 15.2. The summed E-state index contributed by atoms with van der Waals surface area (Å²) in [6, 6.07) is 4.53. The van der Waals surface area contributed by atoms with Gasteiger partial charge in [0.2, 0.25) is 0 Å². The SMILES string of the molecule is CNCCC(Oc1cc(Cl)c(F)cc1C#N)C1CCCC1. The van der Waals surface area contributed by atoms with E-state index in [0.29, 0.717) is 11.7 Å². The van der Waals surface area contributed by atoms with Crippen LogP contribution in [0.2, 0.25) is 5.02 Å². The quantitative estimate of drug-likeness (QED) is 0.866. The van der Waals surface area contributed by atoms with Gasteiger partial charge in [0.25, 0.3) is 0 Å². The Bertz CT molecular complexity index is 524. The molecule has 1 aliphatic rings. The van der Waals surface area contributed by atoms with E-state index in [-0.39, 0.29) is 16.7 Å². The first kappa shape index (κ1) is 16.1. The van der Waals surface area contributed by atoms with Crippen LogP contribution in [0.1, 0.15) is 37.7 Å². The van der Waals surface area contributed by atoms with Gasteiger partial charge in [0.05, 0.1) is 10.6 Å². The summed E-state index contributed by atoms with van der Waals surface area (Å²) in [6.07, 6.45) is 5.63. The second kappa shape index (κ2) is 7.63. The van der Waals surface area contributed by atoms with Gasteiger partial charge in [-0.2, -0.15) is 5.26 Å². The fourth-order valence-corrected chi connectivity index (χ4v) is 3.04. The molecule has 1 aromatic rings. The number of rotatable bonds is 6. The Morgan fingerprint density at radius 1 is 1.48 bits per heavy atom. The van der Waals surface area contributed by atoms with E-state index >= 15 is 0 Å². The molecule has 3 nitrogen and oxygen atoms in total. The molecule has 1 fully saturated rings. The van der Waals surface area contributed by atoms with Crippen molar-refractivity contribution in [1.29, 1.82) is 5.26 Å². The third-order valence-electron chi connectivity index (χ3n) is 4.03. The molecule has 0 saturated heterocycles. The Labute approximate surface area is 130 Å². The van der Waals surface area contributed by atoms with Crippen molar-refractivity contribution in [3.63, 3.8) is 0 Å². The maximum absolute atomic E-state index is 13.4. The molecule has 1 atom stereocenters. The van der Waals surface area contributed by atoms with E-state index in [1.807, 2.05) is 13.1 Å². The lowest BCUT2D eigenvalue weighted by Gasteiger charge is -2.25. The van der Waals surface area contributed by atoms with Crippen LogP contribution in [0.4, 0.5) is 4.39 Å². The monoisotopic (exact) mass is 310 g/mol. The van der Waals surface area contributed by atoms with Crippen molar-refractivity contribution in [3.05, 3.63) is 28.5 Å². The van der Waals surface area contributed by atoms with Crippen molar-refractivity contribution in [2.24, 2.45) is 5.92 Å². The molecule has 0 aromatic heterocycles. The Balaban J connectivity index is 2.19. The summed E-state index contributed by atoms with van der Waals surface area (Å²) in [5.74, 6) is 0.291. The molecule has 0 aliphatic heterocycles. The zero-order valence-electron chi connectivity index (χ0n) is 12.2.